The van der Waals surface area contributed by atoms with E-state index in [1.807, 2.05) is 12.1 Å². The molecule has 0 fully saturated rings. The summed E-state index contributed by atoms with van der Waals surface area (Å²) in [4.78, 5) is 11.4. The molecule has 0 N–H and O–H groups in total. The summed E-state index contributed by atoms with van der Waals surface area (Å²) in [7, 11) is 1.69. The van der Waals surface area contributed by atoms with Crippen LogP contribution in [0.1, 0.15) is 58.6 Å². The Morgan fingerprint density at radius 3 is 1.90 bits per heavy atom. The van der Waals surface area contributed by atoms with Crippen molar-refractivity contribution in [2.24, 2.45) is 0 Å². The monoisotopic (exact) mass is 276 g/mol. The van der Waals surface area contributed by atoms with Gasteiger partial charge in [0.25, 0.3) is 0 Å². The summed E-state index contributed by atoms with van der Waals surface area (Å²) < 4.78 is 11.0. The van der Waals surface area contributed by atoms with Crippen LogP contribution in [0.5, 0.6) is 11.5 Å². The molecule has 2 rings (SSSR count). The van der Waals surface area contributed by atoms with Gasteiger partial charge in [-0.25, -0.2) is 0 Å². The van der Waals surface area contributed by atoms with Gasteiger partial charge in [-0.05, 0) is 35.8 Å². The Labute approximate surface area is 121 Å². The van der Waals surface area contributed by atoms with E-state index >= 15 is 0 Å². The molecule has 0 atom stereocenters. The molecular formula is C17H24O3. The van der Waals surface area contributed by atoms with Gasteiger partial charge in [0.1, 0.15) is 11.5 Å². The van der Waals surface area contributed by atoms with E-state index in [1.54, 1.807) is 7.11 Å². The van der Waals surface area contributed by atoms with Crippen LogP contribution in [0.4, 0.5) is 0 Å². The number of esters is 1. The number of hydrogen-bond acceptors (Lipinski definition) is 3. The van der Waals surface area contributed by atoms with Crippen molar-refractivity contribution in [1.29, 1.82) is 0 Å². The van der Waals surface area contributed by atoms with Gasteiger partial charge in [-0.1, -0.05) is 27.7 Å². The van der Waals surface area contributed by atoms with Gasteiger partial charge in [0.15, 0.2) is 0 Å². The Morgan fingerprint density at radius 2 is 1.45 bits per heavy atom. The summed E-state index contributed by atoms with van der Waals surface area (Å²) in [5.74, 6) is 1.27. The van der Waals surface area contributed by atoms with Crippen molar-refractivity contribution in [1.82, 2.24) is 0 Å². The molecule has 0 radical (unpaired) electrons. The van der Waals surface area contributed by atoms with Crippen molar-refractivity contribution in [3.05, 3.63) is 23.3 Å². The summed E-state index contributed by atoms with van der Waals surface area (Å²) in [6.07, 6.45) is 2.15. The second-order valence-electron chi connectivity index (χ2n) is 6.88. The first-order valence-electron chi connectivity index (χ1n) is 7.09. The zero-order valence-electron chi connectivity index (χ0n) is 13.3. The maximum Gasteiger partial charge on any atom is 0.308 e. The number of rotatable bonds is 2. The zero-order chi connectivity index (χ0) is 15.1. The Morgan fingerprint density at radius 1 is 1.00 bits per heavy atom. The van der Waals surface area contributed by atoms with Crippen LogP contribution >= 0.6 is 0 Å². The maximum absolute atomic E-state index is 11.4. The highest BCUT2D eigenvalue weighted by Crippen LogP contribution is 2.52. The number of benzene rings is 1. The summed E-state index contributed by atoms with van der Waals surface area (Å²) in [6, 6.07) is 3.75. The standard InChI is InChI=1S/C17H24O3/c1-11(18)20-13-8-7-12(19-6)14-15(13)17(4,5)10-9-16(14,2)3/h7-8H,9-10H2,1-6H3. The molecule has 1 aromatic carbocycles. The number of hydrogen-bond donors (Lipinski definition) is 0. The van der Waals surface area contributed by atoms with Crippen LogP contribution in [-0.4, -0.2) is 13.1 Å². The van der Waals surface area contributed by atoms with E-state index in [4.69, 9.17) is 9.47 Å². The largest absolute Gasteiger partial charge is 0.496 e. The molecule has 0 aliphatic heterocycles. The van der Waals surface area contributed by atoms with Crippen molar-refractivity contribution in [2.45, 2.75) is 58.3 Å². The lowest BCUT2D eigenvalue weighted by Gasteiger charge is -2.43. The molecule has 0 saturated heterocycles. The molecule has 0 amide bonds. The number of fused-ring (bicyclic) bond motifs is 1. The van der Waals surface area contributed by atoms with Crippen LogP contribution in [0.15, 0.2) is 12.1 Å². The topological polar surface area (TPSA) is 35.5 Å². The highest BCUT2D eigenvalue weighted by Gasteiger charge is 2.41. The SMILES string of the molecule is COc1ccc(OC(C)=O)c2c1C(C)(C)CCC2(C)C. The van der Waals surface area contributed by atoms with E-state index in [2.05, 4.69) is 27.7 Å². The quantitative estimate of drug-likeness (QED) is 0.605. The predicted octanol–water partition coefficient (Wildman–Crippen LogP) is 3.97. The molecule has 1 aliphatic rings. The molecule has 3 nitrogen and oxygen atoms in total. The molecule has 0 heterocycles. The van der Waals surface area contributed by atoms with E-state index < -0.39 is 0 Å². The van der Waals surface area contributed by atoms with Gasteiger partial charge in [0.05, 0.1) is 7.11 Å². The predicted molar refractivity (Wildman–Crippen MR) is 79.6 cm³/mol. The van der Waals surface area contributed by atoms with Gasteiger partial charge in [0.2, 0.25) is 0 Å². The minimum Gasteiger partial charge on any atom is -0.496 e. The molecule has 0 spiro atoms. The van der Waals surface area contributed by atoms with Gasteiger partial charge in [-0.15, -0.1) is 0 Å². The Balaban J connectivity index is 2.75. The molecule has 1 aliphatic carbocycles. The number of carbonyl (C=O) groups excluding carboxylic acids is 1. The van der Waals surface area contributed by atoms with Crippen LogP contribution in [0, 0.1) is 0 Å². The van der Waals surface area contributed by atoms with E-state index in [9.17, 15) is 4.79 Å². The van der Waals surface area contributed by atoms with Crippen molar-refractivity contribution < 1.29 is 14.3 Å². The molecule has 0 saturated carbocycles. The molecular weight excluding hydrogens is 252 g/mol. The molecule has 20 heavy (non-hydrogen) atoms. The fourth-order valence-corrected chi connectivity index (χ4v) is 3.19. The first kappa shape index (κ1) is 14.9. The summed E-state index contributed by atoms with van der Waals surface area (Å²) in [6.45, 7) is 10.3. The first-order chi connectivity index (χ1) is 9.19. The van der Waals surface area contributed by atoms with E-state index in [0.717, 1.165) is 24.2 Å². The van der Waals surface area contributed by atoms with Crippen LogP contribution < -0.4 is 9.47 Å². The fraction of sp³-hybridized carbons (Fsp3) is 0.588. The minimum absolute atomic E-state index is 0.0202. The van der Waals surface area contributed by atoms with Crippen LogP contribution in [0.25, 0.3) is 0 Å². The third-order valence-corrected chi connectivity index (χ3v) is 4.33. The number of ether oxygens (including phenoxy) is 2. The van der Waals surface area contributed by atoms with Crippen molar-refractivity contribution in [3.63, 3.8) is 0 Å². The molecule has 3 heteroatoms. The van der Waals surface area contributed by atoms with Crippen molar-refractivity contribution >= 4 is 5.97 Å². The van der Waals surface area contributed by atoms with Crippen LogP contribution in [0.3, 0.4) is 0 Å². The summed E-state index contributed by atoms with van der Waals surface area (Å²) in [5, 5.41) is 0. The van der Waals surface area contributed by atoms with Gasteiger partial charge in [0, 0.05) is 18.1 Å². The maximum atomic E-state index is 11.4. The third-order valence-electron chi connectivity index (χ3n) is 4.33. The lowest BCUT2D eigenvalue weighted by molar-refractivity contribution is -0.132. The summed E-state index contributed by atoms with van der Waals surface area (Å²) >= 11 is 0. The number of methoxy groups -OCH3 is 1. The minimum atomic E-state index is -0.281. The van der Waals surface area contributed by atoms with Gasteiger partial charge in [-0.3, -0.25) is 4.79 Å². The van der Waals surface area contributed by atoms with E-state index in [1.165, 1.54) is 12.5 Å². The van der Waals surface area contributed by atoms with Crippen molar-refractivity contribution in [3.8, 4) is 11.5 Å². The van der Waals surface area contributed by atoms with E-state index in [0.29, 0.717) is 5.75 Å². The fourth-order valence-electron chi connectivity index (χ4n) is 3.19. The normalized spacial score (nSPS) is 19.1. The van der Waals surface area contributed by atoms with Crippen molar-refractivity contribution in [2.75, 3.05) is 7.11 Å². The van der Waals surface area contributed by atoms with Crippen LogP contribution in [0.2, 0.25) is 0 Å². The lowest BCUT2D eigenvalue weighted by Crippen LogP contribution is -2.35. The summed E-state index contributed by atoms with van der Waals surface area (Å²) in [5.41, 5.74) is 2.29. The third kappa shape index (κ3) is 2.41. The second-order valence-corrected chi connectivity index (χ2v) is 6.88. The number of carbonyl (C=O) groups is 1. The Hall–Kier alpha value is -1.51. The zero-order valence-corrected chi connectivity index (χ0v) is 13.3. The Bertz CT molecular complexity index is 541. The highest BCUT2D eigenvalue weighted by molar-refractivity contribution is 5.71. The first-order valence-corrected chi connectivity index (χ1v) is 7.09. The van der Waals surface area contributed by atoms with Gasteiger partial charge in [-0.2, -0.15) is 0 Å². The van der Waals surface area contributed by atoms with Gasteiger partial charge < -0.3 is 9.47 Å². The molecule has 0 aromatic heterocycles. The molecule has 110 valence electrons. The average molecular weight is 276 g/mol. The van der Waals surface area contributed by atoms with E-state index in [-0.39, 0.29) is 16.8 Å². The molecule has 0 unspecified atom stereocenters. The lowest BCUT2D eigenvalue weighted by atomic mass is 9.62. The molecule has 1 aromatic rings. The van der Waals surface area contributed by atoms with Gasteiger partial charge >= 0.3 is 5.97 Å². The molecule has 0 bridgehead atoms. The smallest absolute Gasteiger partial charge is 0.308 e. The second kappa shape index (κ2) is 4.80. The van der Waals surface area contributed by atoms with Crippen LogP contribution in [-0.2, 0) is 15.6 Å². The highest BCUT2D eigenvalue weighted by atomic mass is 16.5. The average Bonchev–Trinajstić information content (AvgIpc) is 2.34. The Kier molecular flexibility index (Phi) is 3.57.